The molecule has 3 aromatic rings. The van der Waals surface area contributed by atoms with Crippen LogP contribution < -0.4 is 15.5 Å². The third kappa shape index (κ3) is 5.84. The normalized spacial score (nSPS) is 14.1. The topological polar surface area (TPSA) is 70.2 Å². The lowest BCUT2D eigenvalue weighted by Gasteiger charge is -2.21. The monoisotopic (exact) mass is 429 g/mol. The van der Waals surface area contributed by atoms with Crippen molar-refractivity contribution in [3.05, 3.63) is 84.1 Å². The number of nitrogens with zero attached hydrogens (tertiary/aromatic N) is 3. The molecule has 1 saturated heterocycles. The maximum Gasteiger partial charge on any atom is 0.232 e. The fraction of sp³-hybridized carbons (Fsp3) is 0.346. The van der Waals surface area contributed by atoms with E-state index in [1.165, 1.54) is 25.7 Å². The Bertz CT molecular complexity index is 932. The Labute approximate surface area is 190 Å². The summed E-state index contributed by atoms with van der Waals surface area (Å²) < 4.78 is 0. The third-order valence-electron chi connectivity index (χ3n) is 5.81. The van der Waals surface area contributed by atoms with Crippen LogP contribution in [-0.4, -0.2) is 42.1 Å². The second-order valence-corrected chi connectivity index (χ2v) is 8.11. The van der Waals surface area contributed by atoms with E-state index in [1.807, 2.05) is 66.7 Å². The fourth-order valence-corrected chi connectivity index (χ4v) is 4.16. The molecule has 1 aromatic heterocycles. The van der Waals surface area contributed by atoms with Crippen LogP contribution in [0.25, 0.3) is 0 Å². The zero-order chi connectivity index (χ0) is 22.0. The van der Waals surface area contributed by atoms with Gasteiger partial charge < -0.3 is 15.5 Å². The summed E-state index contributed by atoms with van der Waals surface area (Å²) in [5, 5.41) is 6.32. The highest BCUT2D eigenvalue weighted by molar-refractivity contribution is 5.87. The highest BCUT2D eigenvalue weighted by Crippen LogP contribution is 2.24. The molecule has 2 heterocycles. The first-order chi connectivity index (χ1) is 15.8. The van der Waals surface area contributed by atoms with Crippen molar-refractivity contribution in [2.24, 2.45) is 0 Å². The van der Waals surface area contributed by atoms with Gasteiger partial charge in [-0.3, -0.25) is 4.79 Å². The summed E-state index contributed by atoms with van der Waals surface area (Å²) in [5.41, 5.74) is 1.97. The second-order valence-electron chi connectivity index (χ2n) is 8.11. The van der Waals surface area contributed by atoms with Crippen molar-refractivity contribution in [3.8, 4) is 0 Å². The van der Waals surface area contributed by atoms with E-state index in [9.17, 15) is 4.79 Å². The average Bonchev–Trinajstić information content (AvgIpc) is 3.13. The minimum Gasteiger partial charge on any atom is -0.356 e. The molecule has 32 heavy (non-hydrogen) atoms. The molecule has 0 saturated carbocycles. The van der Waals surface area contributed by atoms with E-state index in [0.29, 0.717) is 19.0 Å². The van der Waals surface area contributed by atoms with Crippen LogP contribution >= 0.6 is 0 Å². The SMILES string of the molecule is O=C(NCCNc1nccc(N2CCCCCC2)n1)C(c1ccccc1)c1ccccc1. The second kappa shape index (κ2) is 11.3. The molecule has 0 unspecified atom stereocenters. The molecule has 0 atom stereocenters. The maximum absolute atomic E-state index is 13.1. The van der Waals surface area contributed by atoms with Gasteiger partial charge in [0.15, 0.2) is 0 Å². The van der Waals surface area contributed by atoms with Crippen LogP contribution in [0.3, 0.4) is 0 Å². The third-order valence-corrected chi connectivity index (χ3v) is 5.81. The Morgan fingerprint density at radius 3 is 2.09 bits per heavy atom. The zero-order valence-electron chi connectivity index (χ0n) is 18.4. The van der Waals surface area contributed by atoms with E-state index in [-0.39, 0.29) is 11.8 Å². The minimum atomic E-state index is -0.333. The highest BCUT2D eigenvalue weighted by atomic mass is 16.1. The number of nitrogens with one attached hydrogen (secondary N) is 2. The Morgan fingerprint density at radius 2 is 1.47 bits per heavy atom. The number of amides is 1. The molecule has 166 valence electrons. The number of carbonyl (C=O) groups is 1. The lowest BCUT2D eigenvalue weighted by molar-refractivity contribution is -0.121. The van der Waals surface area contributed by atoms with Gasteiger partial charge in [0.05, 0.1) is 5.92 Å². The molecule has 2 aromatic carbocycles. The molecular formula is C26H31N5O. The molecule has 2 N–H and O–H groups in total. The van der Waals surface area contributed by atoms with Crippen molar-refractivity contribution in [2.75, 3.05) is 36.4 Å². The van der Waals surface area contributed by atoms with E-state index in [1.54, 1.807) is 6.20 Å². The van der Waals surface area contributed by atoms with Gasteiger partial charge in [0.2, 0.25) is 11.9 Å². The summed E-state index contributed by atoms with van der Waals surface area (Å²) in [6.45, 7) is 3.15. The zero-order valence-corrected chi connectivity index (χ0v) is 18.4. The molecular weight excluding hydrogens is 398 g/mol. The lowest BCUT2D eigenvalue weighted by Crippen LogP contribution is -2.33. The van der Waals surface area contributed by atoms with Gasteiger partial charge in [-0.05, 0) is 30.0 Å². The Morgan fingerprint density at radius 1 is 0.844 bits per heavy atom. The van der Waals surface area contributed by atoms with Gasteiger partial charge >= 0.3 is 0 Å². The molecule has 4 rings (SSSR count). The summed E-state index contributed by atoms with van der Waals surface area (Å²) in [7, 11) is 0. The van der Waals surface area contributed by atoms with Crippen molar-refractivity contribution in [1.29, 1.82) is 0 Å². The molecule has 1 amide bonds. The highest BCUT2D eigenvalue weighted by Gasteiger charge is 2.22. The minimum absolute atomic E-state index is 0.0107. The first kappa shape index (κ1) is 21.8. The van der Waals surface area contributed by atoms with Gasteiger partial charge in [0.1, 0.15) is 5.82 Å². The summed E-state index contributed by atoms with van der Waals surface area (Å²) in [4.78, 5) is 24.4. The van der Waals surface area contributed by atoms with Crippen molar-refractivity contribution < 1.29 is 4.79 Å². The maximum atomic E-state index is 13.1. The van der Waals surface area contributed by atoms with Crippen LogP contribution in [-0.2, 0) is 4.79 Å². The average molecular weight is 430 g/mol. The number of hydrogen-bond acceptors (Lipinski definition) is 5. The molecule has 0 spiro atoms. The van der Waals surface area contributed by atoms with Crippen LogP contribution in [0.1, 0.15) is 42.7 Å². The molecule has 6 heteroatoms. The van der Waals surface area contributed by atoms with Gasteiger partial charge in [-0.15, -0.1) is 0 Å². The summed E-state index contributed by atoms with van der Waals surface area (Å²) in [6.07, 6.45) is 6.80. The fourth-order valence-electron chi connectivity index (χ4n) is 4.16. The number of anilines is 2. The molecule has 1 fully saturated rings. The van der Waals surface area contributed by atoms with E-state index < -0.39 is 0 Å². The lowest BCUT2D eigenvalue weighted by atomic mass is 9.90. The number of hydrogen-bond donors (Lipinski definition) is 2. The number of aromatic nitrogens is 2. The van der Waals surface area contributed by atoms with E-state index >= 15 is 0 Å². The first-order valence-electron chi connectivity index (χ1n) is 11.5. The van der Waals surface area contributed by atoms with Gasteiger partial charge in [-0.25, -0.2) is 4.98 Å². The van der Waals surface area contributed by atoms with Crippen molar-refractivity contribution >= 4 is 17.7 Å². The van der Waals surface area contributed by atoms with Crippen LogP contribution in [0.5, 0.6) is 0 Å². The van der Waals surface area contributed by atoms with Crippen LogP contribution in [0.15, 0.2) is 72.9 Å². The predicted molar refractivity (Wildman–Crippen MR) is 129 cm³/mol. The van der Waals surface area contributed by atoms with Crippen LogP contribution in [0.4, 0.5) is 11.8 Å². The molecule has 1 aliphatic heterocycles. The van der Waals surface area contributed by atoms with Crippen molar-refractivity contribution in [1.82, 2.24) is 15.3 Å². The van der Waals surface area contributed by atoms with Crippen LogP contribution in [0.2, 0.25) is 0 Å². The van der Waals surface area contributed by atoms with Crippen molar-refractivity contribution in [2.45, 2.75) is 31.6 Å². The van der Waals surface area contributed by atoms with Crippen molar-refractivity contribution in [3.63, 3.8) is 0 Å². The van der Waals surface area contributed by atoms with Gasteiger partial charge in [-0.2, -0.15) is 4.98 Å². The number of rotatable bonds is 8. The molecule has 6 nitrogen and oxygen atoms in total. The molecule has 1 aliphatic rings. The Kier molecular flexibility index (Phi) is 7.69. The van der Waals surface area contributed by atoms with E-state index in [0.717, 1.165) is 30.0 Å². The Hall–Kier alpha value is -3.41. The number of carbonyl (C=O) groups excluding carboxylic acids is 1. The largest absolute Gasteiger partial charge is 0.356 e. The first-order valence-corrected chi connectivity index (χ1v) is 11.5. The molecule has 0 aliphatic carbocycles. The van der Waals surface area contributed by atoms with E-state index in [2.05, 4.69) is 25.5 Å². The molecule has 0 bridgehead atoms. The predicted octanol–water partition coefficient (Wildman–Crippen LogP) is 4.22. The number of benzene rings is 2. The van der Waals surface area contributed by atoms with Gasteiger partial charge in [0.25, 0.3) is 0 Å². The summed E-state index contributed by atoms with van der Waals surface area (Å²) in [6, 6.07) is 21.8. The van der Waals surface area contributed by atoms with Crippen LogP contribution in [0, 0.1) is 0 Å². The van der Waals surface area contributed by atoms with Gasteiger partial charge in [0, 0.05) is 32.4 Å². The summed E-state index contributed by atoms with van der Waals surface area (Å²) >= 11 is 0. The summed E-state index contributed by atoms with van der Waals surface area (Å²) in [5.74, 6) is 1.23. The standard InChI is InChI=1S/C26H31N5O/c32-25(24(21-11-5-3-6-12-21)22-13-7-4-8-14-22)27-17-18-29-26-28-16-15-23(30-26)31-19-9-1-2-10-20-31/h3-8,11-16,24H,1-2,9-10,17-20H2,(H,27,32)(H,28,29,30). The molecule has 0 radical (unpaired) electrons. The van der Waals surface area contributed by atoms with E-state index in [4.69, 9.17) is 0 Å². The Balaban J connectivity index is 1.33. The van der Waals surface area contributed by atoms with Gasteiger partial charge in [-0.1, -0.05) is 73.5 Å². The quantitative estimate of drug-likeness (QED) is 0.525. The smallest absolute Gasteiger partial charge is 0.232 e.